The van der Waals surface area contributed by atoms with E-state index >= 15 is 0 Å². The van der Waals surface area contributed by atoms with Gasteiger partial charge in [0.2, 0.25) is 5.91 Å². The Bertz CT molecular complexity index is 1350. The van der Waals surface area contributed by atoms with Crippen molar-refractivity contribution in [2.24, 2.45) is 5.73 Å². The molecule has 7 atom stereocenters. The van der Waals surface area contributed by atoms with E-state index in [2.05, 4.69) is 10.2 Å². The zero-order valence-corrected chi connectivity index (χ0v) is 24.0. The number of likely N-dealkylation sites (N-methyl/N-ethyl adjacent to an activating group) is 1. The number of carbonyl (C=O) groups excluding carboxylic acids is 3. The summed E-state index contributed by atoms with van der Waals surface area (Å²) in [5, 5.41) is 23.5. The van der Waals surface area contributed by atoms with Crippen LogP contribution < -0.4 is 20.5 Å². The van der Waals surface area contributed by atoms with Gasteiger partial charge < -0.3 is 40.2 Å². The molecule has 1 aromatic rings. The Morgan fingerprint density at radius 3 is 2.69 bits per heavy atom. The average Bonchev–Trinajstić information content (AvgIpc) is 3.48. The highest BCUT2D eigenvalue weighted by Crippen LogP contribution is 2.70. The third-order valence-electron chi connectivity index (χ3n) is 9.33. The first kappa shape index (κ1) is 29.8. The summed E-state index contributed by atoms with van der Waals surface area (Å²) in [6.07, 6.45) is 0.114. The number of hydrogen-bond donors (Lipinski definition) is 4. The van der Waals surface area contributed by atoms with Crippen LogP contribution in [0.2, 0.25) is 0 Å². The Balaban J connectivity index is 1.23. The monoisotopic (exact) mass is 587 g/mol. The maximum atomic E-state index is 13.1. The molecule has 2 heterocycles. The molecule has 1 amide bonds. The van der Waals surface area contributed by atoms with Gasteiger partial charge in [0.05, 0.1) is 24.5 Å². The van der Waals surface area contributed by atoms with Crippen molar-refractivity contribution in [1.82, 2.24) is 10.2 Å². The fourth-order valence-electron chi connectivity index (χ4n) is 6.95. The molecule has 4 aliphatic rings. The number of nitrogens with zero attached hydrogens (tertiary/aromatic N) is 1. The minimum Gasteiger partial charge on any atom is -0.493 e. The number of hydrogen-bond acceptors (Lipinski definition) is 11. The SMILES string of the molecule is COc1ccc2c3c1O[C@H]1C(OC(=O)[C@H](C)OC(=O)CCNC(=O)CC[C@H](N)C(=O)O)=CC[C@@]4(O)[C@@H](C)N(C)C2C[C@]314. The van der Waals surface area contributed by atoms with Crippen molar-refractivity contribution in [3.63, 3.8) is 0 Å². The first-order chi connectivity index (χ1) is 19.9. The highest BCUT2D eigenvalue weighted by Gasteiger charge is 2.74. The van der Waals surface area contributed by atoms with Crippen LogP contribution in [-0.2, 0) is 34.1 Å². The van der Waals surface area contributed by atoms with Crippen LogP contribution in [0.25, 0.3) is 0 Å². The number of carbonyl (C=O) groups is 4. The molecule has 13 heteroatoms. The van der Waals surface area contributed by atoms with Crippen molar-refractivity contribution in [3.05, 3.63) is 35.1 Å². The number of carboxylic acid groups (broad SMARTS) is 1. The number of amides is 1. The Kier molecular flexibility index (Phi) is 7.71. The van der Waals surface area contributed by atoms with Gasteiger partial charge in [0.15, 0.2) is 23.7 Å². The number of aliphatic carboxylic acids is 1. The topological polar surface area (TPSA) is 187 Å². The lowest BCUT2D eigenvalue weighted by Crippen LogP contribution is -2.69. The lowest BCUT2D eigenvalue weighted by molar-refractivity contribution is -0.174. The summed E-state index contributed by atoms with van der Waals surface area (Å²) in [5.74, 6) is -1.86. The van der Waals surface area contributed by atoms with E-state index in [0.717, 1.165) is 11.1 Å². The third kappa shape index (κ3) is 4.50. The van der Waals surface area contributed by atoms with Gasteiger partial charge in [-0.3, -0.25) is 19.3 Å². The molecule has 1 aromatic carbocycles. The minimum absolute atomic E-state index is 0.0385. The predicted molar refractivity (Wildman–Crippen MR) is 145 cm³/mol. The fourth-order valence-corrected chi connectivity index (χ4v) is 6.95. The van der Waals surface area contributed by atoms with Gasteiger partial charge in [0, 0.05) is 37.0 Å². The standard InChI is InChI=1S/C29H37N3O10/c1-14(40-22(34)10-12-31-21(33)8-6-17(30)26(35)36)27(37)41-20-9-11-29(38)15(2)32(3)18-13-28(29)23-16(18)5-7-19(39-4)24(23)42-25(20)28/h5,7,9,14-15,17-18,25,38H,6,8,10-13,30H2,1-4H3,(H,31,33)(H,35,36)/t14-,15+,17-,18?,25-,28-,29+/m0/s1. The molecule has 1 fully saturated rings. The number of likely N-dealkylation sites (tertiary alicyclic amines) is 1. The maximum absolute atomic E-state index is 13.1. The number of nitrogens with two attached hydrogens (primary N) is 1. The number of rotatable bonds is 11. The van der Waals surface area contributed by atoms with E-state index in [1.54, 1.807) is 13.2 Å². The van der Waals surface area contributed by atoms with Gasteiger partial charge in [-0.25, -0.2) is 4.79 Å². The first-order valence-corrected chi connectivity index (χ1v) is 14.0. The Hall–Kier alpha value is -3.68. The number of methoxy groups -OCH3 is 1. The molecule has 2 bridgehead atoms. The molecule has 0 aromatic heterocycles. The summed E-state index contributed by atoms with van der Waals surface area (Å²) in [6, 6.07) is 2.55. The number of nitrogens with one attached hydrogen (secondary N) is 1. The molecular formula is C29H37N3O10. The van der Waals surface area contributed by atoms with Crippen LogP contribution in [-0.4, -0.2) is 89.5 Å². The lowest BCUT2D eigenvalue weighted by Gasteiger charge is -2.57. The van der Waals surface area contributed by atoms with Gasteiger partial charge in [0.1, 0.15) is 11.8 Å². The molecule has 1 spiro atoms. The van der Waals surface area contributed by atoms with Gasteiger partial charge in [0.25, 0.3) is 0 Å². The highest BCUT2D eigenvalue weighted by atomic mass is 16.6. The maximum Gasteiger partial charge on any atom is 0.352 e. The molecule has 42 heavy (non-hydrogen) atoms. The number of fused-ring (bicyclic) bond motifs is 2. The van der Waals surface area contributed by atoms with Crippen molar-refractivity contribution in [2.75, 3.05) is 20.7 Å². The molecule has 2 aliphatic heterocycles. The number of esters is 2. The fraction of sp³-hybridized carbons (Fsp3) is 0.586. The van der Waals surface area contributed by atoms with Crippen LogP contribution in [0.15, 0.2) is 24.0 Å². The first-order valence-electron chi connectivity index (χ1n) is 14.0. The molecule has 13 nitrogen and oxygen atoms in total. The second-order valence-electron chi connectivity index (χ2n) is 11.5. The molecule has 228 valence electrons. The zero-order valence-electron chi connectivity index (χ0n) is 24.0. The quantitative estimate of drug-likeness (QED) is 0.265. The predicted octanol–water partition coefficient (Wildman–Crippen LogP) is 0.665. The van der Waals surface area contributed by atoms with Crippen LogP contribution >= 0.6 is 0 Å². The van der Waals surface area contributed by atoms with E-state index < -0.39 is 53.1 Å². The van der Waals surface area contributed by atoms with Crippen LogP contribution in [0.3, 0.4) is 0 Å². The smallest absolute Gasteiger partial charge is 0.352 e. The summed E-state index contributed by atoms with van der Waals surface area (Å²) < 4.78 is 23.0. The summed E-state index contributed by atoms with van der Waals surface area (Å²) in [6.45, 7) is 3.32. The van der Waals surface area contributed by atoms with E-state index in [1.807, 2.05) is 26.1 Å². The number of benzene rings is 1. The van der Waals surface area contributed by atoms with E-state index in [1.165, 1.54) is 6.92 Å². The molecule has 1 saturated heterocycles. The Labute approximate surface area is 242 Å². The van der Waals surface area contributed by atoms with Gasteiger partial charge in [-0.15, -0.1) is 0 Å². The van der Waals surface area contributed by atoms with Crippen LogP contribution in [0.5, 0.6) is 11.5 Å². The Morgan fingerprint density at radius 2 is 2.00 bits per heavy atom. The second kappa shape index (κ2) is 10.9. The van der Waals surface area contributed by atoms with Crippen molar-refractivity contribution in [2.45, 2.75) is 87.3 Å². The zero-order chi connectivity index (χ0) is 30.6. The normalized spacial score (nSPS) is 29.9. The van der Waals surface area contributed by atoms with Gasteiger partial charge in [-0.05, 0) is 51.4 Å². The van der Waals surface area contributed by atoms with E-state index in [9.17, 15) is 24.3 Å². The van der Waals surface area contributed by atoms with Crippen molar-refractivity contribution >= 4 is 23.8 Å². The van der Waals surface area contributed by atoms with Gasteiger partial charge in [-0.1, -0.05) is 6.07 Å². The molecule has 5 rings (SSSR count). The second-order valence-corrected chi connectivity index (χ2v) is 11.5. The van der Waals surface area contributed by atoms with Crippen LogP contribution in [0, 0.1) is 0 Å². The lowest BCUT2D eigenvalue weighted by atomic mass is 9.56. The van der Waals surface area contributed by atoms with Gasteiger partial charge >= 0.3 is 17.9 Å². The molecular weight excluding hydrogens is 550 g/mol. The summed E-state index contributed by atoms with van der Waals surface area (Å²) in [4.78, 5) is 50.2. The highest BCUT2D eigenvalue weighted by molar-refractivity contribution is 5.81. The number of carboxylic acids is 1. The number of aliphatic hydroxyl groups is 1. The van der Waals surface area contributed by atoms with E-state index in [0.29, 0.717) is 17.9 Å². The molecule has 2 aliphatic carbocycles. The van der Waals surface area contributed by atoms with Gasteiger partial charge in [-0.2, -0.15) is 0 Å². The average molecular weight is 588 g/mol. The molecule has 0 radical (unpaired) electrons. The number of piperidine rings is 1. The summed E-state index contributed by atoms with van der Waals surface area (Å²) >= 11 is 0. The van der Waals surface area contributed by atoms with Crippen molar-refractivity contribution in [3.8, 4) is 11.5 Å². The minimum atomic E-state index is -1.25. The Morgan fingerprint density at radius 1 is 1.26 bits per heavy atom. The van der Waals surface area contributed by atoms with Crippen molar-refractivity contribution < 1.29 is 48.3 Å². The molecule has 1 unspecified atom stereocenters. The number of ether oxygens (including phenoxy) is 4. The van der Waals surface area contributed by atoms with Crippen LogP contribution in [0.1, 0.15) is 63.1 Å². The van der Waals surface area contributed by atoms with E-state index in [-0.39, 0.29) is 50.1 Å². The van der Waals surface area contributed by atoms with E-state index in [4.69, 9.17) is 29.8 Å². The van der Waals surface area contributed by atoms with Crippen molar-refractivity contribution in [1.29, 1.82) is 0 Å². The third-order valence-corrected chi connectivity index (χ3v) is 9.33. The summed E-state index contributed by atoms with van der Waals surface area (Å²) in [7, 11) is 3.56. The molecule has 0 saturated carbocycles. The summed E-state index contributed by atoms with van der Waals surface area (Å²) in [5.41, 5.74) is 5.29. The molecule has 5 N–H and O–H groups in total. The van der Waals surface area contributed by atoms with Crippen LogP contribution in [0.4, 0.5) is 0 Å². The largest absolute Gasteiger partial charge is 0.493 e.